The van der Waals surface area contributed by atoms with Crippen molar-refractivity contribution in [3.05, 3.63) is 58.6 Å². The zero-order valence-corrected chi connectivity index (χ0v) is 11.4. The predicted octanol–water partition coefficient (Wildman–Crippen LogP) is 4.65. The second kappa shape index (κ2) is 5.77. The van der Waals surface area contributed by atoms with E-state index in [-0.39, 0.29) is 6.42 Å². The van der Waals surface area contributed by atoms with Gasteiger partial charge in [0.1, 0.15) is 0 Å². The fraction of sp³-hybridized carbons (Fsp3) is 0.133. The van der Waals surface area contributed by atoms with Gasteiger partial charge in [0, 0.05) is 10.6 Å². The van der Waals surface area contributed by atoms with Gasteiger partial charge in [-0.05, 0) is 35.4 Å². The number of hydrogen-bond donors (Lipinski definition) is 1. The summed E-state index contributed by atoms with van der Waals surface area (Å²) in [4.78, 5) is 10.7. The molecule has 0 heterocycles. The highest BCUT2D eigenvalue weighted by Gasteiger charge is 2.30. The molecule has 0 fully saturated rings. The highest BCUT2D eigenvalue weighted by molar-refractivity contribution is 6.33. The third-order valence-corrected chi connectivity index (χ3v) is 3.24. The molecule has 110 valence electrons. The molecule has 0 aromatic heterocycles. The van der Waals surface area contributed by atoms with E-state index in [0.717, 1.165) is 12.1 Å². The van der Waals surface area contributed by atoms with E-state index in [0.29, 0.717) is 21.7 Å². The number of carboxylic acids is 1. The maximum absolute atomic E-state index is 12.5. The van der Waals surface area contributed by atoms with Gasteiger partial charge in [0.25, 0.3) is 0 Å². The third kappa shape index (κ3) is 3.76. The van der Waals surface area contributed by atoms with E-state index in [9.17, 15) is 18.0 Å². The van der Waals surface area contributed by atoms with E-state index in [4.69, 9.17) is 16.7 Å². The van der Waals surface area contributed by atoms with Crippen LogP contribution in [0.2, 0.25) is 5.02 Å². The smallest absolute Gasteiger partial charge is 0.416 e. The minimum absolute atomic E-state index is 0.176. The Balaban J connectivity index is 2.39. The second-order valence-corrected chi connectivity index (χ2v) is 4.87. The number of carboxylic acid groups (broad SMARTS) is 1. The number of benzene rings is 2. The van der Waals surface area contributed by atoms with Crippen LogP contribution in [0.5, 0.6) is 0 Å². The van der Waals surface area contributed by atoms with Gasteiger partial charge >= 0.3 is 12.1 Å². The molecule has 0 saturated carbocycles. The van der Waals surface area contributed by atoms with E-state index in [1.807, 2.05) is 0 Å². The molecule has 2 rings (SSSR count). The summed E-state index contributed by atoms with van der Waals surface area (Å²) in [5.41, 5.74) is 0.787. The summed E-state index contributed by atoms with van der Waals surface area (Å²) in [5, 5.41) is 9.12. The highest BCUT2D eigenvalue weighted by Crippen LogP contribution is 2.33. The normalized spacial score (nSPS) is 11.4. The molecule has 0 unspecified atom stereocenters. The number of carbonyl (C=O) groups is 1. The number of rotatable bonds is 3. The summed E-state index contributed by atoms with van der Waals surface area (Å²) in [6.07, 6.45) is -4.57. The molecule has 1 N–H and O–H groups in total. The first-order valence-electron chi connectivity index (χ1n) is 5.95. The molecule has 21 heavy (non-hydrogen) atoms. The van der Waals surface area contributed by atoms with Gasteiger partial charge in [-0.25, -0.2) is 0 Å². The Kier molecular flexibility index (Phi) is 4.23. The van der Waals surface area contributed by atoms with Crippen molar-refractivity contribution >= 4 is 17.6 Å². The summed E-state index contributed by atoms with van der Waals surface area (Å²) >= 11 is 6.03. The van der Waals surface area contributed by atoms with Crippen molar-refractivity contribution in [1.82, 2.24) is 0 Å². The van der Waals surface area contributed by atoms with Gasteiger partial charge in [-0.2, -0.15) is 13.2 Å². The van der Waals surface area contributed by atoms with Crippen molar-refractivity contribution in [3.63, 3.8) is 0 Å². The van der Waals surface area contributed by atoms with Crippen molar-refractivity contribution in [2.24, 2.45) is 0 Å². The summed E-state index contributed by atoms with van der Waals surface area (Å²) in [6.45, 7) is 0. The lowest BCUT2D eigenvalue weighted by Gasteiger charge is -2.10. The quantitative estimate of drug-likeness (QED) is 0.895. The number of halogens is 4. The molecule has 2 nitrogen and oxygen atoms in total. The zero-order chi connectivity index (χ0) is 15.6. The Morgan fingerprint density at radius 2 is 1.71 bits per heavy atom. The maximum atomic E-state index is 12.5. The first-order valence-corrected chi connectivity index (χ1v) is 6.33. The Morgan fingerprint density at radius 1 is 1.10 bits per heavy atom. The summed E-state index contributed by atoms with van der Waals surface area (Å²) in [5.74, 6) is -0.990. The number of hydrogen-bond acceptors (Lipinski definition) is 1. The van der Waals surface area contributed by atoms with Crippen LogP contribution in [0, 0.1) is 0 Å². The van der Waals surface area contributed by atoms with Crippen molar-refractivity contribution < 1.29 is 23.1 Å². The monoisotopic (exact) mass is 314 g/mol. The van der Waals surface area contributed by atoms with Crippen LogP contribution in [0.25, 0.3) is 11.1 Å². The third-order valence-electron chi connectivity index (χ3n) is 2.91. The van der Waals surface area contributed by atoms with Crippen LogP contribution in [0.15, 0.2) is 42.5 Å². The molecular weight excluding hydrogens is 305 g/mol. The van der Waals surface area contributed by atoms with Crippen molar-refractivity contribution in [2.75, 3.05) is 0 Å². The average molecular weight is 315 g/mol. The first-order chi connectivity index (χ1) is 9.77. The lowest BCUT2D eigenvalue weighted by atomic mass is 10.0. The standard InChI is InChI=1S/C15H10ClF3O2/c16-13-6-1-9(8-14(20)21)7-12(13)10-2-4-11(5-3-10)15(17,18)19/h1-7H,8H2,(H,20,21). The molecule has 6 heteroatoms. The van der Waals surface area contributed by atoms with Gasteiger partial charge in [-0.15, -0.1) is 0 Å². The van der Waals surface area contributed by atoms with Gasteiger partial charge < -0.3 is 5.11 Å². The molecule has 0 radical (unpaired) electrons. The van der Waals surface area contributed by atoms with Crippen molar-refractivity contribution in [2.45, 2.75) is 12.6 Å². The molecule has 0 spiro atoms. The zero-order valence-electron chi connectivity index (χ0n) is 10.6. The van der Waals surface area contributed by atoms with E-state index in [1.54, 1.807) is 12.1 Å². The maximum Gasteiger partial charge on any atom is 0.416 e. The fourth-order valence-electron chi connectivity index (χ4n) is 1.92. The Morgan fingerprint density at radius 3 is 2.24 bits per heavy atom. The molecule has 2 aromatic carbocycles. The van der Waals surface area contributed by atoms with Crippen LogP contribution in [-0.2, 0) is 17.4 Å². The molecule has 0 aliphatic carbocycles. The molecular formula is C15H10ClF3O2. The van der Waals surface area contributed by atoms with Crippen LogP contribution in [0.1, 0.15) is 11.1 Å². The highest BCUT2D eigenvalue weighted by atomic mass is 35.5. The van der Waals surface area contributed by atoms with E-state index < -0.39 is 17.7 Å². The first kappa shape index (κ1) is 15.4. The molecule has 2 aromatic rings. The molecule has 0 aliphatic heterocycles. The lowest BCUT2D eigenvalue weighted by Crippen LogP contribution is -2.04. The van der Waals surface area contributed by atoms with Gasteiger partial charge in [0.05, 0.1) is 12.0 Å². The van der Waals surface area contributed by atoms with Crippen LogP contribution >= 0.6 is 11.6 Å². The number of aliphatic carboxylic acids is 1. The van der Waals surface area contributed by atoms with E-state index in [1.165, 1.54) is 18.2 Å². The van der Waals surface area contributed by atoms with Gasteiger partial charge in [0.2, 0.25) is 0 Å². The van der Waals surface area contributed by atoms with Crippen LogP contribution in [-0.4, -0.2) is 11.1 Å². The van der Waals surface area contributed by atoms with Crippen molar-refractivity contribution in [3.8, 4) is 11.1 Å². The molecule has 0 aliphatic rings. The van der Waals surface area contributed by atoms with Gasteiger partial charge in [-0.1, -0.05) is 29.8 Å². The predicted molar refractivity (Wildman–Crippen MR) is 73.2 cm³/mol. The molecule has 0 saturated heterocycles. The molecule has 0 atom stereocenters. The fourth-order valence-corrected chi connectivity index (χ4v) is 2.14. The minimum atomic E-state index is -4.40. The average Bonchev–Trinajstić information content (AvgIpc) is 2.39. The molecule has 0 bridgehead atoms. The Bertz CT molecular complexity index is 664. The lowest BCUT2D eigenvalue weighted by molar-refractivity contribution is -0.138. The van der Waals surface area contributed by atoms with Gasteiger partial charge in [0.15, 0.2) is 0 Å². The largest absolute Gasteiger partial charge is 0.481 e. The topological polar surface area (TPSA) is 37.3 Å². The second-order valence-electron chi connectivity index (χ2n) is 4.46. The SMILES string of the molecule is O=C(O)Cc1ccc(Cl)c(-c2ccc(C(F)(F)F)cc2)c1. The van der Waals surface area contributed by atoms with Crippen LogP contribution in [0.3, 0.4) is 0 Å². The Hall–Kier alpha value is -2.01. The Labute approximate surface area is 123 Å². The summed E-state index contributed by atoms with van der Waals surface area (Å²) < 4.78 is 37.6. The van der Waals surface area contributed by atoms with E-state index >= 15 is 0 Å². The van der Waals surface area contributed by atoms with E-state index in [2.05, 4.69) is 0 Å². The van der Waals surface area contributed by atoms with Gasteiger partial charge in [-0.3, -0.25) is 4.79 Å². The van der Waals surface area contributed by atoms with Crippen molar-refractivity contribution in [1.29, 1.82) is 0 Å². The summed E-state index contributed by atoms with van der Waals surface area (Å²) in [7, 11) is 0. The molecule has 0 amide bonds. The van der Waals surface area contributed by atoms with Crippen LogP contribution in [0.4, 0.5) is 13.2 Å². The summed E-state index contributed by atoms with van der Waals surface area (Å²) in [6, 6.07) is 9.24. The van der Waals surface area contributed by atoms with Crippen LogP contribution < -0.4 is 0 Å². The number of alkyl halides is 3. The minimum Gasteiger partial charge on any atom is -0.481 e.